The second-order valence-electron chi connectivity index (χ2n) is 4.31. The molecule has 1 aromatic carbocycles. The lowest BCUT2D eigenvalue weighted by atomic mass is 10.1. The standard InChI is InChI=1S/C13H18ClNO3/c1-9-4-10(6-11(14)5-9)13(17)15(2)7-12(16)8-18-3/h4-6,12,16H,7-8H2,1-3H3. The monoisotopic (exact) mass is 271 g/mol. The Labute approximate surface area is 112 Å². The highest BCUT2D eigenvalue weighted by atomic mass is 35.5. The van der Waals surface area contributed by atoms with Crippen molar-refractivity contribution >= 4 is 17.5 Å². The van der Waals surface area contributed by atoms with Gasteiger partial charge in [-0.05, 0) is 30.7 Å². The predicted molar refractivity (Wildman–Crippen MR) is 71.0 cm³/mol. The molecule has 5 heteroatoms. The molecule has 1 atom stereocenters. The maximum absolute atomic E-state index is 12.1. The molecule has 1 unspecified atom stereocenters. The minimum Gasteiger partial charge on any atom is -0.389 e. The fourth-order valence-electron chi connectivity index (χ4n) is 1.72. The molecule has 0 aliphatic heterocycles. The highest BCUT2D eigenvalue weighted by Crippen LogP contribution is 2.15. The summed E-state index contributed by atoms with van der Waals surface area (Å²) in [5, 5.41) is 10.1. The van der Waals surface area contributed by atoms with E-state index in [9.17, 15) is 9.90 Å². The number of carbonyl (C=O) groups excluding carboxylic acids is 1. The lowest BCUT2D eigenvalue weighted by Gasteiger charge is -2.20. The molecule has 1 amide bonds. The highest BCUT2D eigenvalue weighted by Gasteiger charge is 2.16. The van der Waals surface area contributed by atoms with Crippen molar-refractivity contribution in [1.82, 2.24) is 4.90 Å². The van der Waals surface area contributed by atoms with Crippen molar-refractivity contribution in [3.05, 3.63) is 34.3 Å². The van der Waals surface area contributed by atoms with Crippen molar-refractivity contribution in [2.24, 2.45) is 0 Å². The number of ether oxygens (including phenoxy) is 1. The van der Waals surface area contributed by atoms with Crippen LogP contribution in [-0.2, 0) is 4.74 Å². The van der Waals surface area contributed by atoms with Crippen molar-refractivity contribution in [1.29, 1.82) is 0 Å². The van der Waals surface area contributed by atoms with E-state index in [1.807, 2.05) is 6.92 Å². The Morgan fingerprint density at radius 2 is 2.17 bits per heavy atom. The number of benzene rings is 1. The van der Waals surface area contributed by atoms with Crippen LogP contribution in [0.15, 0.2) is 18.2 Å². The Morgan fingerprint density at radius 1 is 1.50 bits per heavy atom. The number of carbonyl (C=O) groups is 1. The first-order chi connectivity index (χ1) is 8.43. The molecule has 0 aliphatic rings. The van der Waals surface area contributed by atoms with Crippen LogP contribution >= 0.6 is 11.6 Å². The third-order valence-corrected chi connectivity index (χ3v) is 2.70. The summed E-state index contributed by atoms with van der Waals surface area (Å²) in [7, 11) is 3.14. The number of aryl methyl sites for hydroxylation is 1. The molecule has 1 N–H and O–H groups in total. The van der Waals surface area contributed by atoms with Crippen LogP contribution in [0.3, 0.4) is 0 Å². The second kappa shape index (κ2) is 6.73. The summed E-state index contributed by atoms with van der Waals surface area (Å²) in [5.41, 5.74) is 1.45. The summed E-state index contributed by atoms with van der Waals surface area (Å²) in [6.07, 6.45) is -0.691. The van der Waals surface area contributed by atoms with Crippen LogP contribution in [0.4, 0.5) is 0 Å². The zero-order valence-electron chi connectivity index (χ0n) is 10.8. The molecule has 0 spiro atoms. The minimum atomic E-state index is -0.691. The zero-order chi connectivity index (χ0) is 13.7. The number of halogens is 1. The number of hydrogen-bond donors (Lipinski definition) is 1. The van der Waals surface area contributed by atoms with Crippen LogP contribution in [-0.4, -0.2) is 49.3 Å². The van der Waals surface area contributed by atoms with Crippen molar-refractivity contribution in [3.8, 4) is 0 Å². The molecular formula is C13H18ClNO3. The topological polar surface area (TPSA) is 49.8 Å². The Morgan fingerprint density at radius 3 is 2.72 bits per heavy atom. The highest BCUT2D eigenvalue weighted by molar-refractivity contribution is 6.31. The fraction of sp³-hybridized carbons (Fsp3) is 0.462. The Bertz CT molecular complexity index is 402. The quantitative estimate of drug-likeness (QED) is 0.887. The van der Waals surface area contributed by atoms with Gasteiger partial charge in [-0.3, -0.25) is 4.79 Å². The number of nitrogens with zero attached hydrogens (tertiary/aromatic N) is 1. The number of amides is 1. The van der Waals surface area contributed by atoms with Gasteiger partial charge in [-0.2, -0.15) is 0 Å². The van der Waals surface area contributed by atoms with E-state index in [0.717, 1.165) is 5.56 Å². The van der Waals surface area contributed by atoms with E-state index in [1.165, 1.54) is 12.0 Å². The smallest absolute Gasteiger partial charge is 0.253 e. The van der Waals surface area contributed by atoms with Gasteiger partial charge in [0.15, 0.2) is 0 Å². The minimum absolute atomic E-state index is 0.171. The number of rotatable bonds is 5. The molecule has 0 aromatic heterocycles. The van der Waals surface area contributed by atoms with Crippen LogP contribution in [0.5, 0.6) is 0 Å². The maximum atomic E-state index is 12.1. The third-order valence-electron chi connectivity index (χ3n) is 2.48. The van der Waals surface area contributed by atoms with Crippen LogP contribution < -0.4 is 0 Å². The molecule has 18 heavy (non-hydrogen) atoms. The van der Waals surface area contributed by atoms with E-state index < -0.39 is 6.10 Å². The molecule has 0 radical (unpaired) electrons. The molecule has 1 rings (SSSR count). The number of aliphatic hydroxyl groups excluding tert-OH is 1. The van der Waals surface area contributed by atoms with Gasteiger partial charge in [0.25, 0.3) is 5.91 Å². The lowest BCUT2D eigenvalue weighted by Crippen LogP contribution is -2.36. The van der Waals surface area contributed by atoms with E-state index in [1.54, 1.807) is 25.2 Å². The average Bonchev–Trinajstić information content (AvgIpc) is 2.26. The van der Waals surface area contributed by atoms with Crippen LogP contribution in [0.25, 0.3) is 0 Å². The van der Waals surface area contributed by atoms with Gasteiger partial charge in [0.2, 0.25) is 0 Å². The molecule has 0 saturated carbocycles. The number of methoxy groups -OCH3 is 1. The molecular weight excluding hydrogens is 254 g/mol. The van der Waals surface area contributed by atoms with Crippen LogP contribution in [0, 0.1) is 6.92 Å². The van der Waals surface area contributed by atoms with E-state index in [2.05, 4.69) is 0 Å². The molecule has 1 aromatic rings. The fourth-order valence-corrected chi connectivity index (χ4v) is 2.01. The molecule has 100 valence electrons. The van der Waals surface area contributed by atoms with Gasteiger partial charge in [-0.1, -0.05) is 11.6 Å². The number of hydrogen-bond acceptors (Lipinski definition) is 3. The maximum Gasteiger partial charge on any atom is 0.253 e. The van der Waals surface area contributed by atoms with E-state index in [-0.39, 0.29) is 19.1 Å². The zero-order valence-corrected chi connectivity index (χ0v) is 11.6. The molecule has 4 nitrogen and oxygen atoms in total. The first-order valence-corrected chi connectivity index (χ1v) is 6.01. The molecule has 0 fully saturated rings. The van der Waals surface area contributed by atoms with Crippen molar-refractivity contribution in [2.45, 2.75) is 13.0 Å². The Hall–Kier alpha value is -1.10. The summed E-state index contributed by atoms with van der Waals surface area (Å²) < 4.78 is 4.82. The molecule has 0 heterocycles. The summed E-state index contributed by atoms with van der Waals surface area (Å²) in [6, 6.07) is 5.18. The normalized spacial score (nSPS) is 12.3. The largest absolute Gasteiger partial charge is 0.389 e. The number of likely N-dealkylation sites (N-methyl/N-ethyl adjacent to an activating group) is 1. The predicted octanol–water partition coefficient (Wildman–Crippen LogP) is 1.73. The molecule has 0 bridgehead atoms. The van der Waals surface area contributed by atoms with Gasteiger partial charge < -0.3 is 14.7 Å². The second-order valence-corrected chi connectivity index (χ2v) is 4.75. The van der Waals surface area contributed by atoms with E-state index in [0.29, 0.717) is 10.6 Å². The summed E-state index contributed by atoms with van der Waals surface area (Å²) in [4.78, 5) is 13.6. The van der Waals surface area contributed by atoms with Gasteiger partial charge in [-0.15, -0.1) is 0 Å². The summed E-state index contributed by atoms with van der Waals surface area (Å²) in [5.74, 6) is -0.171. The van der Waals surface area contributed by atoms with Gasteiger partial charge in [0.05, 0.1) is 12.7 Å². The lowest BCUT2D eigenvalue weighted by molar-refractivity contribution is 0.0380. The first kappa shape index (κ1) is 15.0. The Balaban J connectivity index is 2.74. The van der Waals surface area contributed by atoms with Gasteiger partial charge in [0.1, 0.15) is 0 Å². The van der Waals surface area contributed by atoms with Gasteiger partial charge in [0, 0.05) is 31.3 Å². The Kier molecular flexibility index (Phi) is 5.59. The van der Waals surface area contributed by atoms with Crippen molar-refractivity contribution in [3.63, 3.8) is 0 Å². The molecule has 0 saturated heterocycles. The summed E-state index contributed by atoms with van der Waals surface area (Å²) in [6.45, 7) is 2.30. The number of aliphatic hydroxyl groups is 1. The third kappa shape index (κ3) is 4.29. The van der Waals surface area contributed by atoms with Gasteiger partial charge >= 0.3 is 0 Å². The van der Waals surface area contributed by atoms with Crippen LogP contribution in [0.1, 0.15) is 15.9 Å². The molecule has 0 aliphatic carbocycles. The SMILES string of the molecule is COCC(O)CN(C)C(=O)c1cc(C)cc(Cl)c1. The average molecular weight is 272 g/mol. The first-order valence-electron chi connectivity index (χ1n) is 5.63. The van der Waals surface area contributed by atoms with Crippen molar-refractivity contribution in [2.75, 3.05) is 27.3 Å². The van der Waals surface area contributed by atoms with Crippen molar-refractivity contribution < 1.29 is 14.6 Å². The van der Waals surface area contributed by atoms with Gasteiger partial charge in [-0.25, -0.2) is 0 Å². The van der Waals surface area contributed by atoms with E-state index >= 15 is 0 Å². The summed E-state index contributed by atoms with van der Waals surface area (Å²) >= 11 is 5.91. The van der Waals surface area contributed by atoms with Crippen LogP contribution in [0.2, 0.25) is 5.02 Å². The van der Waals surface area contributed by atoms with E-state index in [4.69, 9.17) is 16.3 Å².